The number of halogens is 1. The van der Waals surface area contributed by atoms with Gasteiger partial charge in [-0.25, -0.2) is 9.37 Å². The van der Waals surface area contributed by atoms with Gasteiger partial charge in [0.2, 0.25) is 5.91 Å². The number of benzene rings is 1. The van der Waals surface area contributed by atoms with E-state index in [1.54, 1.807) is 25.1 Å². The van der Waals surface area contributed by atoms with E-state index < -0.39 is 5.25 Å². The number of rotatable bonds is 7. The van der Waals surface area contributed by atoms with Crippen LogP contribution in [0.5, 0.6) is 0 Å². The molecule has 2 heterocycles. The van der Waals surface area contributed by atoms with Crippen LogP contribution < -0.4 is 5.32 Å². The van der Waals surface area contributed by atoms with Crippen LogP contribution in [0.15, 0.2) is 34.8 Å². The number of hydrogen-bond donors (Lipinski definition) is 1. The van der Waals surface area contributed by atoms with Crippen LogP contribution in [0.3, 0.4) is 0 Å². The standard InChI is InChI=1S/C19H22FN5OS2/c1-11(2)9-25-16(14-7-5-6-8-15(14)20)23-24-19(25)28-13(4)17(26)22-18-21-12(3)10-27-18/h5-8,10-11,13H,9H2,1-4H3,(H,21,22,26)/t13-/m1/s1. The van der Waals surface area contributed by atoms with Crippen LogP contribution in [0.4, 0.5) is 9.52 Å². The van der Waals surface area contributed by atoms with Crippen LogP contribution in [0.2, 0.25) is 0 Å². The smallest absolute Gasteiger partial charge is 0.239 e. The fraction of sp³-hybridized carbons (Fsp3) is 0.368. The summed E-state index contributed by atoms with van der Waals surface area (Å²) in [6.45, 7) is 8.45. The Kier molecular flexibility index (Phi) is 6.46. The average Bonchev–Trinajstić information content (AvgIpc) is 3.21. The van der Waals surface area contributed by atoms with Crippen molar-refractivity contribution < 1.29 is 9.18 Å². The van der Waals surface area contributed by atoms with E-state index in [9.17, 15) is 9.18 Å². The van der Waals surface area contributed by atoms with Crippen molar-refractivity contribution in [2.24, 2.45) is 5.92 Å². The van der Waals surface area contributed by atoms with E-state index in [0.717, 1.165) is 5.69 Å². The van der Waals surface area contributed by atoms with E-state index in [2.05, 4.69) is 34.3 Å². The molecule has 0 aliphatic heterocycles. The highest BCUT2D eigenvalue weighted by Gasteiger charge is 2.23. The molecular weight excluding hydrogens is 397 g/mol. The molecule has 0 aliphatic rings. The predicted octanol–water partition coefficient (Wildman–Crippen LogP) is 4.62. The SMILES string of the molecule is Cc1csc(NC(=O)[C@@H](C)Sc2nnc(-c3ccccc3F)n2CC(C)C)n1. The predicted molar refractivity (Wildman–Crippen MR) is 111 cm³/mol. The molecule has 0 fully saturated rings. The first-order chi connectivity index (χ1) is 13.3. The van der Waals surface area contributed by atoms with Gasteiger partial charge < -0.3 is 9.88 Å². The van der Waals surface area contributed by atoms with E-state index in [4.69, 9.17) is 0 Å². The molecule has 2 aromatic heterocycles. The van der Waals surface area contributed by atoms with Crippen molar-refractivity contribution in [2.75, 3.05) is 5.32 Å². The van der Waals surface area contributed by atoms with Gasteiger partial charge in [-0.2, -0.15) is 0 Å². The number of hydrogen-bond acceptors (Lipinski definition) is 6. The summed E-state index contributed by atoms with van der Waals surface area (Å²) in [5.74, 6) is 0.271. The van der Waals surface area contributed by atoms with Crippen molar-refractivity contribution >= 4 is 34.1 Å². The number of carbonyl (C=O) groups is 1. The second-order valence-corrected chi connectivity index (χ2v) is 9.00. The lowest BCUT2D eigenvalue weighted by atomic mass is 10.2. The van der Waals surface area contributed by atoms with Crippen molar-refractivity contribution in [3.05, 3.63) is 41.2 Å². The van der Waals surface area contributed by atoms with Crippen molar-refractivity contribution in [2.45, 2.75) is 44.6 Å². The maximum atomic E-state index is 14.3. The molecule has 0 saturated carbocycles. The van der Waals surface area contributed by atoms with Gasteiger partial charge in [-0.15, -0.1) is 21.5 Å². The molecule has 0 spiro atoms. The number of aryl methyl sites for hydroxylation is 1. The van der Waals surface area contributed by atoms with Crippen LogP contribution in [0.25, 0.3) is 11.4 Å². The Balaban J connectivity index is 1.83. The minimum atomic E-state index is -0.409. The largest absolute Gasteiger partial charge is 0.302 e. The summed E-state index contributed by atoms with van der Waals surface area (Å²) >= 11 is 2.69. The van der Waals surface area contributed by atoms with Gasteiger partial charge in [0.25, 0.3) is 0 Å². The molecular formula is C19H22FN5OS2. The molecule has 0 aliphatic carbocycles. The second kappa shape index (κ2) is 8.83. The Bertz CT molecular complexity index is 969. The number of thioether (sulfide) groups is 1. The molecule has 1 amide bonds. The first-order valence-corrected chi connectivity index (χ1v) is 10.7. The normalized spacial score (nSPS) is 12.4. The van der Waals surface area contributed by atoms with Crippen molar-refractivity contribution in [1.29, 1.82) is 0 Å². The molecule has 0 saturated heterocycles. The topological polar surface area (TPSA) is 72.7 Å². The van der Waals surface area contributed by atoms with Crippen LogP contribution in [-0.4, -0.2) is 30.9 Å². The van der Waals surface area contributed by atoms with Gasteiger partial charge >= 0.3 is 0 Å². The molecule has 0 unspecified atom stereocenters. The van der Waals surface area contributed by atoms with Crippen LogP contribution in [-0.2, 0) is 11.3 Å². The third kappa shape index (κ3) is 4.77. The molecule has 148 valence electrons. The maximum absolute atomic E-state index is 14.3. The number of anilines is 1. The zero-order chi connectivity index (χ0) is 20.3. The van der Waals surface area contributed by atoms with Crippen molar-refractivity contribution in [3.63, 3.8) is 0 Å². The van der Waals surface area contributed by atoms with Gasteiger partial charge in [0, 0.05) is 11.9 Å². The van der Waals surface area contributed by atoms with E-state index in [-0.39, 0.29) is 11.7 Å². The minimum absolute atomic E-state index is 0.161. The van der Waals surface area contributed by atoms with E-state index in [1.165, 1.54) is 29.2 Å². The van der Waals surface area contributed by atoms with Crippen molar-refractivity contribution in [3.8, 4) is 11.4 Å². The third-order valence-electron chi connectivity index (χ3n) is 3.88. The van der Waals surface area contributed by atoms with Gasteiger partial charge in [0.05, 0.1) is 16.5 Å². The highest BCUT2D eigenvalue weighted by Crippen LogP contribution is 2.29. The number of thiazole rings is 1. The maximum Gasteiger partial charge on any atom is 0.239 e. The zero-order valence-electron chi connectivity index (χ0n) is 16.1. The molecule has 1 aromatic carbocycles. The lowest BCUT2D eigenvalue weighted by Crippen LogP contribution is -2.23. The first kappa shape index (κ1) is 20.5. The Hall–Kier alpha value is -2.26. The molecule has 1 atom stereocenters. The summed E-state index contributed by atoms with van der Waals surface area (Å²) in [6, 6.07) is 6.50. The quantitative estimate of drug-likeness (QED) is 0.566. The van der Waals surface area contributed by atoms with Crippen LogP contribution >= 0.6 is 23.1 Å². The Morgan fingerprint density at radius 1 is 1.29 bits per heavy atom. The molecule has 3 aromatic rings. The molecule has 1 N–H and O–H groups in total. The Morgan fingerprint density at radius 3 is 2.68 bits per heavy atom. The summed E-state index contributed by atoms with van der Waals surface area (Å²) in [5, 5.41) is 13.9. The Morgan fingerprint density at radius 2 is 2.04 bits per heavy atom. The van der Waals surface area contributed by atoms with E-state index >= 15 is 0 Å². The summed E-state index contributed by atoms with van der Waals surface area (Å²) in [4.78, 5) is 16.8. The highest BCUT2D eigenvalue weighted by atomic mass is 32.2. The van der Waals surface area contributed by atoms with Gasteiger partial charge in [0.15, 0.2) is 16.1 Å². The molecule has 3 rings (SSSR count). The molecule has 9 heteroatoms. The summed E-state index contributed by atoms with van der Waals surface area (Å²) in [6.07, 6.45) is 0. The number of nitrogens with one attached hydrogen (secondary N) is 1. The van der Waals surface area contributed by atoms with Gasteiger partial charge in [-0.05, 0) is 31.9 Å². The summed E-state index contributed by atoms with van der Waals surface area (Å²) in [7, 11) is 0. The lowest BCUT2D eigenvalue weighted by molar-refractivity contribution is -0.115. The van der Waals surface area contributed by atoms with Gasteiger partial charge in [-0.3, -0.25) is 4.79 Å². The minimum Gasteiger partial charge on any atom is -0.302 e. The summed E-state index contributed by atoms with van der Waals surface area (Å²) in [5.41, 5.74) is 1.27. The van der Waals surface area contributed by atoms with Gasteiger partial charge in [-0.1, -0.05) is 37.7 Å². The van der Waals surface area contributed by atoms with Crippen LogP contribution in [0, 0.1) is 18.7 Å². The number of carbonyl (C=O) groups excluding carboxylic acids is 1. The zero-order valence-corrected chi connectivity index (χ0v) is 17.8. The average molecular weight is 420 g/mol. The summed E-state index contributed by atoms with van der Waals surface area (Å²) < 4.78 is 16.2. The van der Waals surface area contributed by atoms with E-state index in [1.807, 2.05) is 16.9 Å². The van der Waals surface area contributed by atoms with Gasteiger partial charge in [0.1, 0.15) is 5.82 Å². The van der Waals surface area contributed by atoms with E-state index in [0.29, 0.717) is 34.1 Å². The number of nitrogens with zero attached hydrogens (tertiary/aromatic N) is 4. The monoisotopic (exact) mass is 419 g/mol. The fourth-order valence-corrected chi connectivity index (χ4v) is 4.13. The molecule has 6 nitrogen and oxygen atoms in total. The first-order valence-electron chi connectivity index (χ1n) is 8.93. The molecule has 0 radical (unpaired) electrons. The molecule has 28 heavy (non-hydrogen) atoms. The third-order valence-corrected chi connectivity index (χ3v) is 5.84. The Labute approximate surface area is 171 Å². The second-order valence-electron chi connectivity index (χ2n) is 6.83. The molecule has 0 bridgehead atoms. The fourth-order valence-electron chi connectivity index (χ4n) is 2.58. The number of aromatic nitrogens is 4. The highest BCUT2D eigenvalue weighted by molar-refractivity contribution is 8.00. The van der Waals surface area contributed by atoms with Crippen molar-refractivity contribution in [1.82, 2.24) is 19.7 Å². The lowest BCUT2D eigenvalue weighted by Gasteiger charge is -2.15. The number of amides is 1. The van der Waals surface area contributed by atoms with Crippen LogP contribution in [0.1, 0.15) is 26.5 Å².